The third kappa shape index (κ3) is 5.64. The third-order valence-corrected chi connectivity index (χ3v) is 7.74. The Morgan fingerprint density at radius 2 is 1.72 bits per heavy atom. The Hall–Kier alpha value is -1.64. The zero-order valence-electron chi connectivity index (χ0n) is 17.3. The molecule has 168 valence electrons. The van der Waals surface area contributed by atoms with Gasteiger partial charge in [0.2, 0.25) is 0 Å². The van der Waals surface area contributed by atoms with E-state index >= 15 is 0 Å². The van der Waals surface area contributed by atoms with Crippen LogP contribution in [0, 0.1) is 11.7 Å². The van der Waals surface area contributed by atoms with Crippen molar-refractivity contribution in [2.45, 2.75) is 38.7 Å². The van der Waals surface area contributed by atoms with Gasteiger partial charge in [-0.25, -0.2) is 4.39 Å². The van der Waals surface area contributed by atoms with Crippen molar-refractivity contribution in [2.24, 2.45) is 5.92 Å². The minimum Gasteiger partial charge on any atom is -0.487 e. The highest BCUT2D eigenvalue weighted by molar-refractivity contribution is 9.11. The van der Waals surface area contributed by atoms with Gasteiger partial charge in [0.15, 0.2) is 0 Å². The van der Waals surface area contributed by atoms with Crippen molar-refractivity contribution < 1.29 is 18.7 Å². The highest BCUT2D eigenvalue weighted by Gasteiger charge is 2.36. The standard InChI is InChI=1S/C24H22Br2FNO3S/c25-19-10-17(11-20(26)22(19)31-14-16-6-8-18(27)9-7-16)12-21-23(29)28(24(30)32-21)13-15-4-2-1-3-5-15/h6-12,15H,1-5,13-14H2/b21-12+. The maximum atomic E-state index is 13.1. The predicted octanol–water partition coefficient (Wildman–Crippen LogP) is 7.55. The normalized spacial score (nSPS) is 18.6. The Balaban J connectivity index is 1.45. The van der Waals surface area contributed by atoms with Crippen molar-refractivity contribution in [1.29, 1.82) is 0 Å². The van der Waals surface area contributed by atoms with Gasteiger partial charge >= 0.3 is 0 Å². The van der Waals surface area contributed by atoms with Crippen LogP contribution < -0.4 is 4.74 Å². The Bertz CT molecular complexity index is 1030. The fourth-order valence-electron chi connectivity index (χ4n) is 3.97. The minimum atomic E-state index is -0.288. The number of halogens is 3. The van der Waals surface area contributed by atoms with Crippen molar-refractivity contribution in [1.82, 2.24) is 4.90 Å². The van der Waals surface area contributed by atoms with Gasteiger partial charge < -0.3 is 4.74 Å². The zero-order valence-corrected chi connectivity index (χ0v) is 21.3. The smallest absolute Gasteiger partial charge is 0.293 e. The summed E-state index contributed by atoms with van der Waals surface area (Å²) in [5.41, 5.74) is 1.63. The average molecular weight is 583 g/mol. The van der Waals surface area contributed by atoms with Crippen LogP contribution in [0.15, 0.2) is 50.2 Å². The number of nitrogens with zero attached hydrogens (tertiary/aromatic N) is 1. The van der Waals surface area contributed by atoms with Crippen LogP contribution in [0.3, 0.4) is 0 Å². The number of carbonyl (C=O) groups excluding carboxylic acids is 2. The first-order valence-electron chi connectivity index (χ1n) is 10.5. The summed E-state index contributed by atoms with van der Waals surface area (Å²) in [6.07, 6.45) is 7.50. The van der Waals surface area contributed by atoms with Crippen LogP contribution in [0.4, 0.5) is 9.18 Å². The number of rotatable bonds is 6. The Kier molecular flexibility index (Phi) is 7.74. The highest BCUT2D eigenvalue weighted by atomic mass is 79.9. The van der Waals surface area contributed by atoms with Gasteiger partial charge in [-0.2, -0.15) is 0 Å². The van der Waals surface area contributed by atoms with Crippen LogP contribution >= 0.6 is 43.6 Å². The summed E-state index contributed by atoms with van der Waals surface area (Å²) in [5.74, 6) is 0.521. The number of carbonyl (C=O) groups is 2. The first kappa shape index (κ1) is 23.5. The zero-order chi connectivity index (χ0) is 22.7. The molecule has 0 radical (unpaired) electrons. The molecule has 1 saturated carbocycles. The summed E-state index contributed by atoms with van der Waals surface area (Å²) in [6, 6.07) is 9.84. The number of imide groups is 1. The van der Waals surface area contributed by atoms with Crippen molar-refractivity contribution in [3.63, 3.8) is 0 Å². The topological polar surface area (TPSA) is 46.6 Å². The van der Waals surface area contributed by atoms with Gasteiger partial charge in [0.1, 0.15) is 18.2 Å². The number of benzene rings is 2. The molecular weight excluding hydrogens is 561 g/mol. The van der Waals surface area contributed by atoms with Crippen LogP contribution in [0.5, 0.6) is 5.75 Å². The van der Waals surface area contributed by atoms with Gasteiger partial charge in [0.25, 0.3) is 11.1 Å². The lowest BCUT2D eigenvalue weighted by atomic mass is 9.89. The summed E-state index contributed by atoms with van der Waals surface area (Å²) >= 11 is 8.04. The fourth-order valence-corrected chi connectivity index (χ4v) is 6.27. The van der Waals surface area contributed by atoms with E-state index in [1.54, 1.807) is 18.2 Å². The molecule has 0 aromatic heterocycles. The maximum absolute atomic E-state index is 13.1. The monoisotopic (exact) mass is 581 g/mol. The van der Waals surface area contributed by atoms with E-state index in [0.29, 0.717) is 32.1 Å². The van der Waals surface area contributed by atoms with Crippen molar-refractivity contribution in [3.8, 4) is 5.75 Å². The maximum Gasteiger partial charge on any atom is 0.293 e. The van der Waals surface area contributed by atoms with Crippen LogP contribution in [-0.2, 0) is 11.4 Å². The van der Waals surface area contributed by atoms with Gasteiger partial charge in [0, 0.05) is 6.54 Å². The summed E-state index contributed by atoms with van der Waals surface area (Å²) < 4.78 is 20.4. The molecule has 32 heavy (non-hydrogen) atoms. The SMILES string of the molecule is O=C1S/C(=C/c2cc(Br)c(OCc3ccc(F)cc3)c(Br)c2)C(=O)N1CC1CCCCC1. The van der Waals surface area contributed by atoms with Crippen LogP contribution in [0.25, 0.3) is 6.08 Å². The fraction of sp³-hybridized carbons (Fsp3) is 0.333. The van der Waals surface area contributed by atoms with E-state index in [1.807, 2.05) is 12.1 Å². The molecule has 1 aliphatic heterocycles. The number of hydrogen-bond donors (Lipinski definition) is 0. The second-order valence-corrected chi connectivity index (χ2v) is 10.7. The first-order valence-corrected chi connectivity index (χ1v) is 12.9. The van der Waals surface area contributed by atoms with E-state index in [2.05, 4.69) is 31.9 Å². The van der Waals surface area contributed by atoms with E-state index in [-0.39, 0.29) is 23.6 Å². The Labute approximate surface area is 207 Å². The van der Waals surface area contributed by atoms with E-state index in [1.165, 1.54) is 36.3 Å². The van der Waals surface area contributed by atoms with Crippen molar-refractivity contribution in [3.05, 3.63) is 67.2 Å². The molecule has 0 spiro atoms. The predicted molar refractivity (Wildman–Crippen MR) is 132 cm³/mol. The van der Waals surface area contributed by atoms with Crippen LogP contribution in [0.1, 0.15) is 43.2 Å². The highest BCUT2D eigenvalue weighted by Crippen LogP contribution is 2.39. The number of amides is 2. The number of hydrogen-bond acceptors (Lipinski definition) is 4. The van der Waals surface area contributed by atoms with Crippen molar-refractivity contribution in [2.75, 3.05) is 6.54 Å². The molecule has 0 atom stereocenters. The van der Waals surface area contributed by atoms with Gasteiger partial charge in [0.05, 0.1) is 13.9 Å². The molecule has 2 aliphatic rings. The second kappa shape index (κ2) is 10.5. The molecular formula is C24H22Br2FNO3S. The minimum absolute atomic E-state index is 0.191. The van der Waals surface area contributed by atoms with Gasteiger partial charge in [-0.05, 0) is 104 Å². The van der Waals surface area contributed by atoms with Gasteiger partial charge in [-0.1, -0.05) is 31.4 Å². The molecule has 0 unspecified atom stereocenters. The van der Waals surface area contributed by atoms with E-state index in [4.69, 9.17) is 4.74 Å². The number of ether oxygens (including phenoxy) is 1. The molecule has 2 aromatic rings. The lowest BCUT2D eigenvalue weighted by molar-refractivity contribution is -0.123. The van der Waals surface area contributed by atoms with Crippen LogP contribution in [-0.4, -0.2) is 22.6 Å². The second-order valence-electron chi connectivity index (χ2n) is 8.03. The van der Waals surface area contributed by atoms with Gasteiger partial charge in [-0.3, -0.25) is 14.5 Å². The quantitative estimate of drug-likeness (QED) is 0.330. The first-order chi connectivity index (χ1) is 15.4. The molecule has 4 nitrogen and oxygen atoms in total. The third-order valence-electron chi connectivity index (χ3n) is 5.65. The lowest BCUT2D eigenvalue weighted by Gasteiger charge is -2.25. The Morgan fingerprint density at radius 3 is 2.38 bits per heavy atom. The molecule has 0 N–H and O–H groups in total. The van der Waals surface area contributed by atoms with E-state index < -0.39 is 0 Å². The lowest BCUT2D eigenvalue weighted by Crippen LogP contribution is -2.34. The van der Waals surface area contributed by atoms with Crippen LogP contribution in [0.2, 0.25) is 0 Å². The molecule has 0 bridgehead atoms. The largest absolute Gasteiger partial charge is 0.487 e. The Morgan fingerprint density at radius 1 is 1.06 bits per heavy atom. The molecule has 2 fully saturated rings. The van der Waals surface area contributed by atoms with E-state index in [9.17, 15) is 14.0 Å². The molecule has 8 heteroatoms. The average Bonchev–Trinajstić information content (AvgIpc) is 3.02. The summed E-state index contributed by atoms with van der Waals surface area (Å²) in [6.45, 7) is 0.808. The molecule has 1 aliphatic carbocycles. The summed E-state index contributed by atoms with van der Waals surface area (Å²) in [7, 11) is 0. The van der Waals surface area contributed by atoms with Gasteiger partial charge in [-0.15, -0.1) is 0 Å². The van der Waals surface area contributed by atoms with Crippen molar-refractivity contribution >= 4 is 60.8 Å². The molecule has 2 aromatic carbocycles. The molecule has 1 heterocycles. The van der Waals surface area contributed by atoms with E-state index in [0.717, 1.165) is 35.7 Å². The molecule has 1 saturated heterocycles. The number of thioether (sulfide) groups is 1. The molecule has 4 rings (SSSR count). The summed E-state index contributed by atoms with van der Waals surface area (Å²) in [4.78, 5) is 27.1. The summed E-state index contributed by atoms with van der Waals surface area (Å²) in [5, 5.41) is -0.191. The molecule has 2 amide bonds.